The van der Waals surface area contributed by atoms with Gasteiger partial charge >= 0.3 is 5.97 Å². The van der Waals surface area contributed by atoms with Gasteiger partial charge in [0.25, 0.3) is 5.78 Å². The van der Waals surface area contributed by atoms with E-state index >= 15 is 0 Å². The summed E-state index contributed by atoms with van der Waals surface area (Å²) >= 11 is 11.2. The Morgan fingerprint density at radius 2 is 1.81 bits per heavy atom. The molecule has 0 fully saturated rings. The maximum absolute atomic E-state index is 12.8. The highest BCUT2D eigenvalue weighted by atomic mass is 35.5. The van der Waals surface area contributed by atoms with Gasteiger partial charge < -0.3 is 4.74 Å². The van der Waals surface area contributed by atoms with E-state index in [-0.39, 0.29) is 22.2 Å². The van der Waals surface area contributed by atoms with Crippen molar-refractivity contribution in [2.24, 2.45) is 0 Å². The summed E-state index contributed by atoms with van der Waals surface area (Å²) in [6.07, 6.45) is 0. The molecule has 0 atom stereocenters. The Labute approximate surface area is 101 Å². The Bertz CT molecular complexity index is 423. The van der Waals surface area contributed by atoms with E-state index in [0.29, 0.717) is 0 Å². The van der Waals surface area contributed by atoms with Crippen LogP contribution in [0.1, 0.15) is 17.3 Å². The molecule has 1 aromatic rings. The number of hydrogen-bond donors (Lipinski definition) is 0. The molecule has 0 amide bonds. The minimum absolute atomic E-state index is 0.0566. The van der Waals surface area contributed by atoms with Crippen molar-refractivity contribution < 1.29 is 18.7 Å². The first-order valence-corrected chi connectivity index (χ1v) is 5.09. The first kappa shape index (κ1) is 12.9. The zero-order valence-corrected chi connectivity index (χ0v) is 9.73. The van der Waals surface area contributed by atoms with Gasteiger partial charge in [-0.25, -0.2) is 9.18 Å². The number of carbonyl (C=O) groups excluding carboxylic acids is 2. The molecule has 0 aliphatic carbocycles. The molecule has 0 aliphatic rings. The maximum atomic E-state index is 12.8. The van der Waals surface area contributed by atoms with Crippen molar-refractivity contribution in [3.63, 3.8) is 0 Å². The van der Waals surface area contributed by atoms with Crippen LogP contribution in [0.25, 0.3) is 0 Å². The smallest absolute Gasteiger partial charge is 0.379 e. The number of Topliss-reactive ketones (excluding diaryl/α,β-unsaturated/α-hetero) is 1. The molecular weight excluding hydrogens is 258 g/mol. The highest BCUT2D eigenvalue weighted by Gasteiger charge is 2.23. The Morgan fingerprint density at radius 3 is 2.25 bits per heavy atom. The first-order valence-electron chi connectivity index (χ1n) is 4.33. The molecule has 16 heavy (non-hydrogen) atoms. The third kappa shape index (κ3) is 2.71. The van der Waals surface area contributed by atoms with Crippen LogP contribution >= 0.6 is 23.2 Å². The van der Waals surface area contributed by atoms with Gasteiger partial charge in [0.15, 0.2) is 0 Å². The molecule has 0 radical (unpaired) electrons. The van der Waals surface area contributed by atoms with E-state index in [9.17, 15) is 14.0 Å². The van der Waals surface area contributed by atoms with Crippen LogP contribution in [-0.2, 0) is 9.53 Å². The number of rotatable bonds is 3. The average molecular weight is 265 g/mol. The summed E-state index contributed by atoms with van der Waals surface area (Å²) in [5, 5.41) is -0.439. The molecule has 0 N–H and O–H groups in total. The van der Waals surface area contributed by atoms with Crippen molar-refractivity contribution in [3.05, 3.63) is 33.6 Å². The standard InChI is InChI=1S/C10H7Cl2FO3/c1-2-16-10(15)9(14)8-6(11)3-5(13)4-7(8)12/h3-4H,2H2,1H3. The lowest BCUT2D eigenvalue weighted by Crippen LogP contribution is -2.18. The van der Waals surface area contributed by atoms with Gasteiger partial charge in [-0.05, 0) is 19.1 Å². The van der Waals surface area contributed by atoms with E-state index in [2.05, 4.69) is 4.74 Å². The third-order valence-electron chi connectivity index (χ3n) is 1.69. The Morgan fingerprint density at radius 1 is 1.31 bits per heavy atom. The number of ketones is 1. The largest absolute Gasteiger partial charge is 0.460 e. The molecule has 0 aromatic heterocycles. The summed E-state index contributed by atoms with van der Waals surface area (Å²) in [7, 11) is 0. The van der Waals surface area contributed by atoms with Crippen molar-refractivity contribution >= 4 is 35.0 Å². The minimum atomic E-state index is -1.07. The highest BCUT2D eigenvalue weighted by Crippen LogP contribution is 2.26. The van der Waals surface area contributed by atoms with Crippen molar-refractivity contribution in [1.29, 1.82) is 0 Å². The quantitative estimate of drug-likeness (QED) is 0.479. The van der Waals surface area contributed by atoms with Gasteiger partial charge in [-0.2, -0.15) is 0 Å². The fourth-order valence-corrected chi connectivity index (χ4v) is 1.69. The Hall–Kier alpha value is -1.13. The summed E-state index contributed by atoms with van der Waals surface area (Å²) in [4.78, 5) is 22.7. The molecular formula is C10H7Cl2FO3. The molecule has 1 rings (SSSR count). The molecule has 0 saturated carbocycles. The molecule has 0 saturated heterocycles. The second-order valence-corrected chi connectivity index (χ2v) is 3.61. The SMILES string of the molecule is CCOC(=O)C(=O)c1c(Cl)cc(F)cc1Cl. The van der Waals surface area contributed by atoms with E-state index in [4.69, 9.17) is 23.2 Å². The second kappa shape index (κ2) is 5.27. The van der Waals surface area contributed by atoms with E-state index in [0.717, 1.165) is 12.1 Å². The lowest BCUT2D eigenvalue weighted by atomic mass is 10.1. The van der Waals surface area contributed by atoms with Crippen LogP contribution < -0.4 is 0 Å². The minimum Gasteiger partial charge on any atom is -0.460 e. The lowest BCUT2D eigenvalue weighted by Gasteiger charge is -2.05. The van der Waals surface area contributed by atoms with Gasteiger partial charge in [-0.15, -0.1) is 0 Å². The summed E-state index contributed by atoms with van der Waals surface area (Å²) in [5.41, 5.74) is -0.247. The molecule has 86 valence electrons. The molecule has 6 heteroatoms. The van der Waals surface area contributed by atoms with Crippen LogP contribution in [0.5, 0.6) is 0 Å². The maximum Gasteiger partial charge on any atom is 0.379 e. The predicted octanol–water partition coefficient (Wildman–Crippen LogP) is 2.88. The average Bonchev–Trinajstić information content (AvgIpc) is 2.16. The summed E-state index contributed by atoms with van der Waals surface area (Å²) in [6.45, 7) is 1.61. The third-order valence-corrected chi connectivity index (χ3v) is 2.29. The number of carbonyl (C=O) groups is 2. The van der Waals surface area contributed by atoms with Gasteiger partial charge in [0, 0.05) is 0 Å². The number of benzene rings is 1. The van der Waals surface area contributed by atoms with Gasteiger partial charge in [-0.3, -0.25) is 4.79 Å². The van der Waals surface area contributed by atoms with Crippen LogP contribution in [0, 0.1) is 5.82 Å². The van der Waals surface area contributed by atoms with Crippen LogP contribution in [0.2, 0.25) is 10.0 Å². The predicted molar refractivity (Wildman–Crippen MR) is 57.4 cm³/mol. The van der Waals surface area contributed by atoms with Gasteiger partial charge in [0.1, 0.15) is 5.82 Å². The number of hydrogen-bond acceptors (Lipinski definition) is 3. The normalized spacial score (nSPS) is 10.0. The zero-order chi connectivity index (χ0) is 12.3. The van der Waals surface area contributed by atoms with Crippen molar-refractivity contribution in [3.8, 4) is 0 Å². The van der Waals surface area contributed by atoms with Crippen LogP contribution in [0.15, 0.2) is 12.1 Å². The lowest BCUT2D eigenvalue weighted by molar-refractivity contribution is -0.137. The molecule has 0 heterocycles. The molecule has 1 aromatic carbocycles. The van der Waals surface area contributed by atoms with Gasteiger partial charge in [0.2, 0.25) is 0 Å². The second-order valence-electron chi connectivity index (χ2n) is 2.79. The van der Waals surface area contributed by atoms with Gasteiger partial charge in [-0.1, -0.05) is 23.2 Å². The Balaban J connectivity index is 3.14. The molecule has 0 bridgehead atoms. The molecule has 3 nitrogen and oxygen atoms in total. The van der Waals surface area contributed by atoms with E-state index in [1.54, 1.807) is 6.92 Å². The first-order chi connectivity index (χ1) is 7.47. The topological polar surface area (TPSA) is 43.4 Å². The zero-order valence-electron chi connectivity index (χ0n) is 8.22. The van der Waals surface area contributed by atoms with Crippen molar-refractivity contribution in [1.82, 2.24) is 0 Å². The Kier molecular flexibility index (Phi) is 4.26. The monoisotopic (exact) mass is 264 g/mol. The van der Waals surface area contributed by atoms with Gasteiger partial charge in [0.05, 0.1) is 22.2 Å². The fraction of sp³-hybridized carbons (Fsp3) is 0.200. The summed E-state index contributed by atoms with van der Waals surface area (Å²) in [5.74, 6) is -2.75. The van der Waals surface area contributed by atoms with E-state index < -0.39 is 17.6 Å². The fourth-order valence-electron chi connectivity index (χ4n) is 1.06. The number of esters is 1. The number of ether oxygens (including phenoxy) is 1. The number of halogens is 3. The molecule has 0 unspecified atom stereocenters. The van der Waals surface area contributed by atoms with Crippen molar-refractivity contribution in [2.75, 3.05) is 6.61 Å². The van der Waals surface area contributed by atoms with Crippen LogP contribution in [0.4, 0.5) is 4.39 Å². The van der Waals surface area contributed by atoms with Crippen LogP contribution in [-0.4, -0.2) is 18.4 Å². The highest BCUT2D eigenvalue weighted by molar-refractivity contribution is 6.49. The summed E-state index contributed by atoms with van der Waals surface area (Å²) < 4.78 is 17.3. The summed E-state index contributed by atoms with van der Waals surface area (Å²) in [6, 6.07) is 1.81. The molecule has 0 aliphatic heterocycles. The molecule has 0 spiro atoms. The van der Waals surface area contributed by atoms with Crippen LogP contribution in [0.3, 0.4) is 0 Å². The van der Waals surface area contributed by atoms with E-state index in [1.165, 1.54) is 0 Å². The van der Waals surface area contributed by atoms with E-state index in [1.807, 2.05) is 0 Å². The van der Waals surface area contributed by atoms with Crippen molar-refractivity contribution in [2.45, 2.75) is 6.92 Å².